The molecular weight excluding hydrogens is 162 g/mol. The van der Waals surface area contributed by atoms with Gasteiger partial charge >= 0.3 is 0 Å². The van der Waals surface area contributed by atoms with Crippen LogP contribution in [0.25, 0.3) is 0 Å². The molecule has 2 fully saturated rings. The van der Waals surface area contributed by atoms with Gasteiger partial charge in [0.1, 0.15) is 0 Å². The van der Waals surface area contributed by atoms with Gasteiger partial charge in [-0.05, 0) is 31.6 Å². The van der Waals surface area contributed by atoms with Gasteiger partial charge in [-0.3, -0.25) is 0 Å². The summed E-state index contributed by atoms with van der Waals surface area (Å²) in [6.07, 6.45) is 8.86. The molecule has 1 aliphatic carbocycles. The van der Waals surface area contributed by atoms with Gasteiger partial charge in [0.25, 0.3) is 0 Å². The van der Waals surface area contributed by atoms with Gasteiger partial charge in [0.15, 0.2) is 0 Å². The van der Waals surface area contributed by atoms with Crippen LogP contribution in [0.2, 0.25) is 0 Å². The molecule has 2 atom stereocenters. The van der Waals surface area contributed by atoms with Crippen molar-refractivity contribution in [3.8, 4) is 0 Å². The summed E-state index contributed by atoms with van der Waals surface area (Å²) in [5.41, 5.74) is 0. The molecule has 0 aromatic rings. The van der Waals surface area contributed by atoms with Gasteiger partial charge in [0.2, 0.25) is 0 Å². The van der Waals surface area contributed by atoms with E-state index in [1.807, 2.05) is 7.11 Å². The van der Waals surface area contributed by atoms with Crippen molar-refractivity contribution in [3.63, 3.8) is 0 Å². The van der Waals surface area contributed by atoms with Crippen LogP contribution in [0.3, 0.4) is 0 Å². The van der Waals surface area contributed by atoms with Crippen LogP contribution in [0.1, 0.15) is 38.5 Å². The first-order valence-corrected chi connectivity index (χ1v) is 5.66. The van der Waals surface area contributed by atoms with Crippen LogP contribution >= 0.6 is 0 Å². The molecule has 1 saturated carbocycles. The van der Waals surface area contributed by atoms with Crippen LogP contribution in [-0.4, -0.2) is 25.8 Å². The van der Waals surface area contributed by atoms with Crippen molar-refractivity contribution in [3.05, 3.63) is 0 Å². The number of rotatable bonds is 2. The molecule has 2 rings (SSSR count). The molecule has 13 heavy (non-hydrogen) atoms. The van der Waals surface area contributed by atoms with Crippen molar-refractivity contribution in [1.29, 1.82) is 0 Å². The van der Waals surface area contributed by atoms with Gasteiger partial charge in [-0.15, -0.1) is 0 Å². The molecule has 1 heterocycles. The lowest BCUT2D eigenvalue weighted by Crippen LogP contribution is -2.45. The third-order valence-corrected chi connectivity index (χ3v) is 3.71. The van der Waals surface area contributed by atoms with Crippen LogP contribution in [0, 0.1) is 5.92 Å². The standard InChI is InChI=1S/C11H21NO/c1-13-10-6-7-11(12-8-10)9-4-2-3-5-9/h9-12H,2-8H2,1H3. The average Bonchev–Trinajstić information content (AvgIpc) is 2.71. The monoisotopic (exact) mass is 183 g/mol. The van der Waals surface area contributed by atoms with E-state index in [-0.39, 0.29) is 0 Å². The van der Waals surface area contributed by atoms with E-state index >= 15 is 0 Å². The van der Waals surface area contributed by atoms with E-state index in [0.29, 0.717) is 6.10 Å². The molecule has 1 N–H and O–H groups in total. The summed E-state index contributed by atoms with van der Waals surface area (Å²) in [6, 6.07) is 0.800. The Bertz CT molecular complexity index is 146. The highest BCUT2D eigenvalue weighted by Gasteiger charge is 2.28. The van der Waals surface area contributed by atoms with Crippen LogP contribution in [-0.2, 0) is 4.74 Å². The first-order chi connectivity index (χ1) is 6.40. The van der Waals surface area contributed by atoms with Crippen molar-refractivity contribution in [1.82, 2.24) is 5.32 Å². The summed E-state index contributed by atoms with van der Waals surface area (Å²) < 4.78 is 5.34. The molecule has 2 heteroatoms. The van der Waals surface area contributed by atoms with E-state index < -0.39 is 0 Å². The van der Waals surface area contributed by atoms with Crippen molar-refractivity contribution in [2.45, 2.75) is 50.7 Å². The number of nitrogens with one attached hydrogen (secondary N) is 1. The maximum atomic E-state index is 5.34. The maximum absolute atomic E-state index is 5.34. The smallest absolute Gasteiger partial charge is 0.0696 e. The number of hydrogen-bond acceptors (Lipinski definition) is 2. The highest BCUT2D eigenvalue weighted by molar-refractivity contribution is 4.85. The second-order valence-corrected chi connectivity index (χ2v) is 4.49. The predicted molar refractivity (Wildman–Crippen MR) is 53.8 cm³/mol. The third-order valence-electron chi connectivity index (χ3n) is 3.71. The molecule has 0 amide bonds. The lowest BCUT2D eigenvalue weighted by molar-refractivity contribution is 0.0630. The number of hydrogen-bond donors (Lipinski definition) is 1. The Morgan fingerprint density at radius 3 is 2.38 bits per heavy atom. The zero-order chi connectivity index (χ0) is 9.10. The maximum Gasteiger partial charge on any atom is 0.0696 e. The molecule has 2 unspecified atom stereocenters. The zero-order valence-corrected chi connectivity index (χ0v) is 8.59. The Balaban J connectivity index is 1.77. The molecule has 1 aliphatic heterocycles. The molecule has 76 valence electrons. The number of methoxy groups -OCH3 is 1. The lowest BCUT2D eigenvalue weighted by Gasteiger charge is -2.32. The Morgan fingerprint density at radius 1 is 1.08 bits per heavy atom. The SMILES string of the molecule is COC1CCC(C2CCCC2)NC1. The van der Waals surface area contributed by atoms with E-state index in [4.69, 9.17) is 4.74 Å². The summed E-state index contributed by atoms with van der Waals surface area (Å²) in [7, 11) is 1.82. The van der Waals surface area contributed by atoms with E-state index in [0.717, 1.165) is 18.5 Å². The minimum atomic E-state index is 0.470. The van der Waals surface area contributed by atoms with Crippen molar-refractivity contribution >= 4 is 0 Å². The molecule has 1 saturated heterocycles. The second-order valence-electron chi connectivity index (χ2n) is 4.49. The van der Waals surface area contributed by atoms with E-state index in [1.165, 1.54) is 38.5 Å². The van der Waals surface area contributed by atoms with Crippen LogP contribution in [0.4, 0.5) is 0 Å². The average molecular weight is 183 g/mol. The fourth-order valence-corrected chi connectivity index (χ4v) is 2.82. The summed E-state index contributed by atoms with van der Waals surface area (Å²) in [5.74, 6) is 0.970. The number of ether oxygens (including phenoxy) is 1. The van der Waals surface area contributed by atoms with Gasteiger partial charge in [-0.1, -0.05) is 12.8 Å². The number of piperidine rings is 1. The van der Waals surface area contributed by atoms with E-state index in [1.54, 1.807) is 0 Å². The normalized spacial score (nSPS) is 36.7. The van der Waals surface area contributed by atoms with Gasteiger partial charge in [-0.2, -0.15) is 0 Å². The molecule has 2 aliphatic rings. The predicted octanol–water partition coefficient (Wildman–Crippen LogP) is 1.94. The summed E-state index contributed by atoms with van der Waals surface area (Å²) >= 11 is 0. The van der Waals surface area contributed by atoms with Gasteiger partial charge in [-0.25, -0.2) is 0 Å². The first kappa shape index (κ1) is 9.47. The topological polar surface area (TPSA) is 21.3 Å². The molecule has 0 spiro atoms. The van der Waals surface area contributed by atoms with Crippen molar-refractivity contribution in [2.24, 2.45) is 5.92 Å². The lowest BCUT2D eigenvalue weighted by atomic mass is 9.90. The fourth-order valence-electron chi connectivity index (χ4n) is 2.82. The minimum absolute atomic E-state index is 0.470. The molecular formula is C11H21NO. The molecule has 0 radical (unpaired) electrons. The Labute approximate surface area is 81.0 Å². The Morgan fingerprint density at radius 2 is 1.85 bits per heavy atom. The van der Waals surface area contributed by atoms with Gasteiger partial charge < -0.3 is 10.1 Å². The van der Waals surface area contributed by atoms with Gasteiger partial charge in [0, 0.05) is 19.7 Å². The van der Waals surface area contributed by atoms with Gasteiger partial charge in [0.05, 0.1) is 6.10 Å². The molecule has 0 aromatic heterocycles. The van der Waals surface area contributed by atoms with Crippen molar-refractivity contribution < 1.29 is 4.74 Å². The first-order valence-electron chi connectivity index (χ1n) is 5.66. The quantitative estimate of drug-likeness (QED) is 0.706. The zero-order valence-electron chi connectivity index (χ0n) is 8.59. The van der Waals surface area contributed by atoms with Crippen LogP contribution in [0.15, 0.2) is 0 Å². The molecule has 0 aromatic carbocycles. The molecule has 2 nitrogen and oxygen atoms in total. The summed E-state index contributed by atoms with van der Waals surface area (Å²) in [6.45, 7) is 1.07. The second kappa shape index (κ2) is 4.43. The van der Waals surface area contributed by atoms with E-state index in [9.17, 15) is 0 Å². The van der Waals surface area contributed by atoms with Crippen LogP contribution < -0.4 is 5.32 Å². The van der Waals surface area contributed by atoms with E-state index in [2.05, 4.69) is 5.32 Å². The third kappa shape index (κ3) is 2.23. The van der Waals surface area contributed by atoms with Crippen LogP contribution in [0.5, 0.6) is 0 Å². The molecule has 0 bridgehead atoms. The highest BCUT2D eigenvalue weighted by Crippen LogP contribution is 2.31. The largest absolute Gasteiger partial charge is 0.380 e. The highest BCUT2D eigenvalue weighted by atomic mass is 16.5. The Hall–Kier alpha value is -0.0800. The Kier molecular flexibility index (Phi) is 3.23. The fraction of sp³-hybridized carbons (Fsp3) is 1.00. The summed E-state index contributed by atoms with van der Waals surface area (Å²) in [5, 5.41) is 3.64. The minimum Gasteiger partial charge on any atom is -0.380 e. The summed E-state index contributed by atoms with van der Waals surface area (Å²) in [4.78, 5) is 0. The van der Waals surface area contributed by atoms with Crippen molar-refractivity contribution in [2.75, 3.05) is 13.7 Å².